The Hall–Kier alpha value is -2.84. The monoisotopic (exact) mass is 397 g/mol. The van der Waals surface area contributed by atoms with Gasteiger partial charge in [-0.25, -0.2) is 9.78 Å². The first-order chi connectivity index (χ1) is 13.1. The second-order valence-electron chi connectivity index (χ2n) is 5.87. The molecule has 4 rings (SSSR count). The third-order valence-electron chi connectivity index (χ3n) is 3.82. The number of aromatic nitrogens is 3. The van der Waals surface area contributed by atoms with E-state index in [1.165, 1.54) is 11.3 Å². The van der Waals surface area contributed by atoms with Gasteiger partial charge in [0.15, 0.2) is 11.8 Å². The molecule has 0 bridgehead atoms. The summed E-state index contributed by atoms with van der Waals surface area (Å²) in [6.07, 6.45) is -0.670. The van der Waals surface area contributed by atoms with Gasteiger partial charge in [0.1, 0.15) is 5.01 Å². The van der Waals surface area contributed by atoms with Crippen LogP contribution in [0, 0.1) is 6.92 Å². The fourth-order valence-electron chi connectivity index (χ4n) is 2.36. The number of carbonyl (C=O) groups excluding carboxylic acids is 1. The lowest BCUT2D eigenvalue weighted by Gasteiger charge is -2.07. The molecule has 6 nitrogen and oxygen atoms in total. The number of esters is 1. The third-order valence-corrected chi connectivity index (χ3v) is 5.70. The number of hydrogen-bond acceptors (Lipinski definition) is 8. The number of benzene rings is 1. The predicted molar refractivity (Wildman–Crippen MR) is 104 cm³/mol. The Morgan fingerprint density at radius 3 is 2.70 bits per heavy atom. The van der Waals surface area contributed by atoms with E-state index in [2.05, 4.69) is 15.2 Å². The minimum Gasteiger partial charge on any atom is -0.448 e. The number of aryl methyl sites for hydroxylation is 1. The van der Waals surface area contributed by atoms with Crippen molar-refractivity contribution < 1.29 is 13.9 Å². The maximum Gasteiger partial charge on any atom is 0.358 e. The molecule has 1 unspecified atom stereocenters. The van der Waals surface area contributed by atoms with Crippen molar-refractivity contribution in [2.24, 2.45) is 0 Å². The van der Waals surface area contributed by atoms with E-state index >= 15 is 0 Å². The molecule has 0 N–H and O–H groups in total. The molecule has 27 heavy (non-hydrogen) atoms. The topological polar surface area (TPSA) is 78.1 Å². The van der Waals surface area contributed by atoms with Crippen molar-refractivity contribution in [3.8, 4) is 21.3 Å². The molecule has 3 heterocycles. The van der Waals surface area contributed by atoms with Gasteiger partial charge in [-0.3, -0.25) is 0 Å². The van der Waals surface area contributed by atoms with E-state index in [1.807, 2.05) is 48.7 Å². The number of nitrogens with zero attached hydrogens (tertiary/aromatic N) is 3. The Morgan fingerprint density at radius 2 is 1.96 bits per heavy atom. The zero-order valence-electron chi connectivity index (χ0n) is 14.6. The Kier molecular flexibility index (Phi) is 4.83. The molecule has 0 saturated heterocycles. The van der Waals surface area contributed by atoms with Crippen LogP contribution in [0.3, 0.4) is 0 Å². The van der Waals surface area contributed by atoms with E-state index < -0.39 is 12.1 Å². The van der Waals surface area contributed by atoms with E-state index in [-0.39, 0.29) is 11.6 Å². The van der Waals surface area contributed by atoms with Gasteiger partial charge in [0.2, 0.25) is 5.89 Å². The summed E-state index contributed by atoms with van der Waals surface area (Å²) < 4.78 is 11.1. The number of rotatable bonds is 5. The number of thiophene rings is 1. The molecule has 0 aliphatic heterocycles. The molecule has 1 atom stereocenters. The van der Waals surface area contributed by atoms with Gasteiger partial charge in [-0.2, -0.15) is 0 Å². The molecule has 0 fully saturated rings. The molecular weight excluding hydrogens is 382 g/mol. The number of hydrogen-bond donors (Lipinski definition) is 0. The highest BCUT2D eigenvalue weighted by Gasteiger charge is 2.22. The van der Waals surface area contributed by atoms with Crippen LogP contribution in [0.25, 0.3) is 21.3 Å². The Labute approximate surface area is 163 Å². The van der Waals surface area contributed by atoms with Crippen LogP contribution in [0.4, 0.5) is 0 Å². The number of thiazole rings is 1. The van der Waals surface area contributed by atoms with Gasteiger partial charge in [-0.1, -0.05) is 23.8 Å². The van der Waals surface area contributed by atoms with Crippen LogP contribution in [0.1, 0.15) is 35.0 Å². The smallest absolute Gasteiger partial charge is 0.358 e. The van der Waals surface area contributed by atoms with Crippen LogP contribution >= 0.6 is 22.7 Å². The van der Waals surface area contributed by atoms with Crippen LogP contribution in [-0.4, -0.2) is 21.2 Å². The SMILES string of the molecule is Cc1ccc(-c2nnc(C(C)OC(=O)c3csc(-c4cccs4)n3)o2)cc1. The molecule has 0 aliphatic rings. The summed E-state index contributed by atoms with van der Waals surface area (Å²) in [4.78, 5) is 17.7. The molecule has 0 spiro atoms. The lowest BCUT2D eigenvalue weighted by molar-refractivity contribution is 0.0274. The standard InChI is InChI=1S/C19H15N3O3S2/c1-11-5-7-13(8-6-11)17-22-21-16(25-17)12(2)24-19(23)14-10-27-18(20-14)15-4-3-9-26-15/h3-10,12H,1-2H3. The highest BCUT2D eigenvalue weighted by Crippen LogP contribution is 2.29. The summed E-state index contributed by atoms with van der Waals surface area (Å²) in [6, 6.07) is 11.7. The molecule has 4 aromatic rings. The first kappa shape index (κ1) is 17.6. The van der Waals surface area contributed by atoms with Gasteiger partial charge >= 0.3 is 5.97 Å². The van der Waals surface area contributed by atoms with Crippen LogP contribution in [0.5, 0.6) is 0 Å². The first-order valence-electron chi connectivity index (χ1n) is 8.21. The Balaban J connectivity index is 1.45. The molecule has 0 amide bonds. The van der Waals surface area contributed by atoms with Crippen molar-refractivity contribution in [2.45, 2.75) is 20.0 Å². The Morgan fingerprint density at radius 1 is 1.15 bits per heavy atom. The van der Waals surface area contributed by atoms with Crippen molar-refractivity contribution in [1.29, 1.82) is 0 Å². The number of ether oxygens (including phenoxy) is 1. The van der Waals surface area contributed by atoms with Gasteiger partial charge in [0.25, 0.3) is 5.89 Å². The van der Waals surface area contributed by atoms with E-state index in [0.29, 0.717) is 5.89 Å². The highest BCUT2D eigenvalue weighted by atomic mass is 32.1. The second-order valence-corrected chi connectivity index (χ2v) is 7.68. The van der Waals surface area contributed by atoms with E-state index in [4.69, 9.17) is 9.15 Å². The van der Waals surface area contributed by atoms with Crippen LogP contribution in [0.2, 0.25) is 0 Å². The molecule has 8 heteroatoms. The minimum absolute atomic E-state index is 0.243. The van der Waals surface area contributed by atoms with E-state index in [9.17, 15) is 4.79 Å². The van der Waals surface area contributed by atoms with Crippen molar-refractivity contribution in [3.63, 3.8) is 0 Å². The van der Waals surface area contributed by atoms with Crippen LogP contribution in [0.15, 0.2) is 51.6 Å². The summed E-state index contributed by atoms with van der Waals surface area (Å²) in [7, 11) is 0. The molecule has 3 aromatic heterocycles. The zero-order valence-corrected chi connectivity index (χ0v) is 16.2. The molecular formula is C19H15N3O3S2. The van der Waals surface area contributed by atoms with Crippen molar-refractivity contribution >= 4 is 28.6 Å². The lowest BCUT2D eigenvalue weighted by Crippen LogP contribution is -2.10. The minimum atomic E-state index is -0.670. The predicted octanol–water partition coefficient (Wildman–Crippen LogP) is 5.15. The Bertz CT molecular complexity index is 1050. The van der Waals surface area contributed by atoms with Crippen LogP contribution in [-0.2, 0) is 4.74 Å². The van der Waals surface area contributed by atoms with Gasteiger partial charge in [0.05, 0.1) is 4.88 Å². The highest BCUT2D eigenvalue weighted by molar-refractivity contribution is 7.20. The fraction of sp³-hybridized carbons (Fsp3) is 0.158. The quantitative estimate of drug-likeness (QED) is 0.434. The summed E-state index contributed by atoms with van der Waals surface area (Å²) in [5.41, 5.74) is 2.23. The summed E-state index contributed by atoms with van der Waals surface area (Å²) in [6.45, 7) is 3.70. The van der Waals surface area contributed by atoms with Gasteiger partial charge in [0, 0.05) is 10.9 Å². The van der Waals surface area contributed by atoms with Gasteiger partial charge in [-0.15, -0.1) is 32.9 Å². The number of carbonyl (C=O) groups is 1. The van der Waals surface area contributed by atoms with Crippen molar-refractivity contribution in [1.82, 2.24) is 15.2 Å². The molecule has 0 aliphatic carbocycles. The normalized spacial score (nSPS) is 12.1. The van der Waals surface area contributed by atoms with E-state index in [0.717, 1.165) is 21.0 Å². The van der Waals surface area contributed by atoms with Crippen molar-refractivity contribution in [2.75, 3.05) is 0 Å². The lowest BCUT2D eigenvalue weighted by atomic mass is 10.1. The van der Waals surface area contributed by atoms with E-state index in [1.54, 1.807) is 23.6 Å². The average Bonchev–Trinajstić information content (AvgIpc) is 3.42. The molecule has 136 valence electrons. The second kappa shape index (κ2) is 7.42. The molecule has 0 radical (unpaired) electrons. The maximum absolute atomic E-state index is 12.4. The van der Waals surface area contributed by atoms with Crippen molar-refractivity contribution in [3.05, 3.63) is 64.3 Å². The zero-order chi connectivity index (χ0) is 18.8. The largest absolute Gasteiger partial charge is 0.448 e. The summed E-state index contributed by atoms with van der Waals surface area (Å²) in [5, 5.41) is 12.5. The van der Waals surface area contributed by atoms with Gasteiger partial charge in [-0.05, 0) is 37.4 Å². The third kappa shape index (κ3) is 3.81. The fourth-order valence-corrected chi connectivity index (χ4v) is 3.97. The first-order valence-corrected chi connectivity index (χ1v) is 9.97. The molecule has 0 saturated carbocycles. The van der Waals surface area contributed by atoms with Gasteiger partial charge < -0.3 is 9.15 Å². The maximum atomic E-state index is 12.4. The summed E-state index contributed by atoms with van der Waals surface area (Å²) >= 11 is 2.98. The average molecular weight is 397 g/mol. The summed E-state index contributed by atoms with van der Waals surface area (Å²) in [5.74, 6) is 0.116. The van der Waals surface area contributed by atoms with Crippen LogP contribution < -0.4 is 0 Å². The molecule has 1 aromatic carbocycles.